The zero-order chi connectivity index (χ0) is 16.2. The summed E-state index contributed by atoms with van der Waals surface area (Å²) in [5, 5.41) is 15.1. The number of nitriles is 1. The molecular formula is C17H14ClN3O2. The van der Waals surface area contributed by atoms with Crippen LogP contribution >= 0.6 is 11.6 Å². The Balaban J connectivity index is 1.71. The van der Waals surface area contributed by atoms with Crippen molar-refractivity contribution in [3.05, 3.63) is 53.1 Å². The maximum Gasteiger partial charge on any atom is 0.242 e. The summed E-state index contributed by atoms with van der Waals surface area (Å²) in [6.45, 7) is 0.685. The van der Waals surface area contributed by atoms with Gasteiger partial charge in [-0.05, 0) is 48.9 Å². The van der Waals surface area contributed by atoms with Crippen molar-refractivity contribution < 1.29 is 9.53 Å². The Morgan fingerprint density at radius 1 is 1.26 bits per heavy atom. The highest BCUT2D eigenvalue weighted by Crippen LogP contribution is 2.32. The third kappa shape index (κ3) is 3.55. The zero-order valence-corrected chi connectivity index (χ0v) is 12.9. The van der Waals surface area contributed by atoms with Crippen molar-refractivity contribution in [2.24, 2.45) is 0 Å². The smallest absolute Gasteiger partial charge is 0.242 e. The maximum atomic E-state index is 11.6. The van der Waals surface area contributed by atoms with Crippen LogP contribution in [0.2, 0.25) is 5.02 Å². The molecule has 0 spiro atoms. The van der Waals surface area contributed by atoms with Gasteiger partial charge in [0, 0.05) is 12.2 Å². The highest BCUT2D eigenvalue weighted by atomic mass is 35.5. The molecule has 1 heterocycles. The quantitative estimate of drug-likeness (QED) is 0.903. The second kappa shape index (κ2) is 6.59. The van der Waals surface area contributed by atoms with Crippen molar-refractivity contribution in [2.75, 3.05) is 11.9 Å². The van der Waals surface area contributed by atoms with Crippen LogP contribution in [0.25, 0.3) is 0 Å². The molecule has 0 aliphatic carbocycles. The minimum absolute atomic E-state index is 0.000897. The molecule has 1 amide bonds. The van der Waals surface area contributed by atoms with Crippen LogP contribution in [0.3, 0.4) is 0 Å². The Hall–Kier alpha value is -2.71. The number of nitrogens with one attached hydrogen (secondary N) is 2. The lowest BCUT2D eigenvalue weighted by Crippen LogP contribution is -2.29. The molecular weight excluding hydrogens is 314 g/mol. The molecule has 0 saturated carbocycles. The van der Waals surface area contributed by atoms with Gasteiger partial charge in [0.25, 0.3) is 0 Å². The van der Waals surface area contributed by atoms with Gasteiger partial charge in [-0.15, -0.1) is 0 Å². The molecule has 1 aliphatic heterocycles. The van der Waals surface area contributed by atoms with Crippen LogP contribution < -0.4 is 15.4 Å². The molecule has 3 rings (SSSR count). The van der Waals surface area contributed by atoms with Crippen molar-refractivity contribution >= 4 is 23.2 Å². The molecule has 23 heavy (non-hydrogen) atoms. The molecule has 0 radical (unpaired) electrons. The van der Waals surface area contributed by atoms with Gasteiger partial charge in [0.1, 0.15) is 17.5 Å². The number of benzene rings is 2. The Bertz CT molecular complexity index is 768. The number of amides is 1. The molecule has 6 heteroatoms. The van der Waals surface area contributed by atoms with E-state index in [-0.39, 0.29) is 11.9 Å². The van der Waals surface area contributed by atoms with Crippen molar-refractivity contribution in [3.8, 4) is 17.6 Å². The van der Waals surface area contributed by atoms with Gasteiger partial charge >= 0.3 is 0 Å². The fourth-order valence-electron chi connectivity index (χ4n) is 2.33. The van der Waals surface area contributed by atoms with Gasteiger partial charge in [0.15, 0.2) is 0 Å². The summed E-state index contributed by atoms with van der Waals surface area (Å²) in [7, 11) is 0. The van der Waals surface area contributed by atoms with E-state index in [1.807, 2.05) is 6.07 Å². The summed E-state index contributed by atoms with van der Waals surface area (Å²) in [5.41, 5.74) is 1.34. The van der Waals surface area contributed by atoms with E-state index < -0.39 is 0 Å². The fourth-order valence-corrected chi connectivity index (χ4v) is 2.55. The number of carbonyl (C=O) groups excluding carboxylic acids is 1. The molecule has 1 saturated heterocycles. The van der Waals surface area contributed by atoms with Gasteiger partial charge < -0.3 is 15.4 Å². The molecule has 2 N–H and O–H groups in total. The Labute approximate surface area is 138 Å². The number of hydrogen-bond donors (Lipinski definition) is 2. The molecule has 1 fully saturated rings. The number of anilines is 1. The van der Waals surface area contributed by atoms with E-state index in [1.54, 1.807) is 36.4 Å². The van der Waals surface area contributed by atoms with Crippen LogP contribution in [-0.4, -0.2) is 18.5 Å². The first-order valence-electron chi connectivity index (χ1n) is 7.17. The number of rotatable bonds is 4. The van der Waals surface area contributed by atoms with Gasteiger partial charge in [-0.3, -0.25) is 4.79 Å². The van der Waals surface area contributed by atoms with E-state index in [0.29, 0.717) is 28.6 Å². The average molecular weight is 328 g/mol. The van der Waals surface area contributed by atoms with Gasteiger partial charge in [-0.1, -0.05) is 11.6 Å². The Kier molecular flexibility index (Phi) is 4.35. The van der Waals surface area contributed by atoms with Gasteiger partial charge in [0.05, 0.1) is 16.7 Å². The monoisotopic (exact) mass is 327 g/mol. The van der Waals surface area contributed by atoms with E-state index in [1.165, 1.54) is 0 Å². The molecule has 1 aliphatic rings. The van der Waals surface area contributed by atoms with E-state index in [4.69, 9.17) is 21.6 Å². The molecule has 0 bridgehead atoms. The first-order chi connectivity index (χ1) is 11.2. The van der Waals surface area contributed by atoms with Crippen LogP contribution in [-0.2, 0) is 4.79 Å². The van der Waals surface area contributed by atoms with Crippen LogP contribution in [0.5, 0.6) is 11.5 Å². The summed E-state index contributed by atoms with van der Waals surface area (Å²) < 4.78 is 5.71. The number of hydrogen-bond acceptors (Lipinski definition) is 4. The van der Waals surface area contributed by atoms with Crippen LogP contribution in [0, 0.1) is 11.3 Å². The summed E-state index contributed by atoms with van der Waals surface area (Å²) in [5.74, 6) is 1.11. The molecule has 5 nitrogen and oxygen atoms in total. The summed E-state index contributed by atoms with van der Waals surface area (Å²) in [4.78, 5) is 11.6. The first-order valence-corrected chi connectivity index (χ1v) is 7.55. The SMILES string of the molecule is N#Cc1ccc(Oc2ccc(NC3CCNC3=O)cc2Cl)cc1. The Morgan fingerprint density at radius 2 is 2.04 bits per heavy atom. The lowest BCUT2D eigenvalue weighted by Gasteiger charge is -2.13. The summed E-state index contributed by atoms with van der Waals surface area (Å²) in [6, 6.07) is 13.9. The van der Waals surface area contributed by atoms with Crippen LogP contribution in [0.4, 0.5) is 5.69 Å². The molecule has 1 unspecified atom stereocenters. The van der Waals surface area contributed by atoms with Gasteiger partial charge in [-0.2, -0.15) is 5.26 Å². The third-order valence-corrected chi connectivity index (χ3v) is 3.83. The normalized spacial score (nSPS) is 16.5. The topological polar surface area (TPSA) is 74.2 Å². The standard InChI is InChI=1S/C17H14ClN3O2/c18-14-9-12(21-15-7-8-20-17(15)22)3-6-16(14)23-13-4-1-11(10-19)2-5-13/h1-6,9,15,21H,7-8H2,(H,20,22). The highest BCUT2D eigenvalue weighted by Gasteiger charge is 2.23. The molecule has 1 atom stereocenters. The third-order valence-electron chi connectivity index (χ3n) is 3.53. The van der Waals surface area contributed by atoms with Crippen LogP contribution in [0.15, 0.2) is 42.5 Å². The van der Waals surface area contributed by atoms with Crippen molar-refractivity contribution in [1.82, 2.24) is 5.32 Å². The predicted molar refractivity (Wildman–Crippen MR) is 87.7 cm³/mol. The van der Waals surface area contributed by atoms with Crippen molar-refractivity contribution in [1.29, 1.82) is 5.26 Å². The van der Waals surface area contributed by atoms with E-state index in [2.05, 4.69) is 16.7 Å². The lowest BCUT2D eigenvalue weighted by molar-refractivity contribution is -0.119. The van der Waals surface area contributed by atoms with Crippen molar-refractivity contribution in [2.45, 2.75) is 12.5 Å². The minimum atomic E-state index is -0.226. The Morgan fingerprint density at radius 3 is 2.65 bits per heavy atom. The number of nitrogens with zero attached hydrogens (tertiary/aromatic N) is 1. The molecule has 2 aromatic carbocycles. The number of ether oxygens (including phenoxy) is 1. The van der Waals surface area contributed by atoms with Gasteiger partial charge in [0.2, 0.25) is 5.91 Å². The van der Waals surface area contributed by atoms with E-state index in [9.17, 15) is 4.79 Å². The second-order valence-corrected chi connectivity index (χ2v) is 5.57. The second-order valence-electron chi connectivity index (χ2n) is 5.16. The number of halogens is 1. The summed E-state index contributed by atoms with van der Waals surface area (Å²) >= 11 is 6.24. The molecule has 0 aromatic heterocycles. The fraction of sp³-hybridized carbons (Fsp3) is 0.176. The van der Waals surface area contributed by atoms with E-state index in [0.717, 1.165) is 12.1 Å². The molecule has 2 aromatic rings. The van der Waals surface area contributed by atoms with E-state index >= 15 is 0 Å². The average Bonchev–Trinajstić information content (AvgIpc) is 2.96. The largest absolute Gasteiger partial charge is 0.456 e. The zero-order valence-electron chi connectivity index (χ0n) is 12.2. The van der Waals surface area contributed by atoms with Crippen LogP contribution in [0.1, 0.15) is 12.0 Å². The minimum Gasteiger partial charge on any atom is -0.456 e. The van der Waals surface area contributed by atoms with Gasteiger partial charge in [-0.25, -0.2) is 0 Å². The predicted octanol–water partition coefficient (Wildman–Crippen LogP) is 3.30. The highest BCUT2D eigenvalue weighted by molar-refractivity contribution is 6.32. The maximum absolute atomic E-state index is 11.6. The lowest BCUT2D eigenvalue weighted by atomic mass is 10.2. The first kappa shape index (κ1) is 15.2. The molecule has 116 valence electrons. The van der Waals surface area contributed by atoms with Crippen molar-refractivity contribution in [3.63, 3.8) is 0 Å². The summed E-state index contributed by atoms with van der Waals surface area (Å²) in [6.07, 6.45) is 0.750. The number of carbonyl (C=O) groups is 1.